The van der Waals surface area contributed by atoms with Crippen LogP contribution in [0, 0.1) is 6.92 Å². The summed E-state index contributed by atoms with van der Waals surface area (Å²) in [6.45, 7) is 5.08. The number of amides is 1. The molecule has 6 rings (SSSR count). The molecule has 1 aliphatic heterocycles. The van der Waals surface area contributed by atoms with Gasteiger partial charge in [0.15, 0.2) is 0 Å². The Morgan fingerprint density at radius 1 is 1.00 bits per heavy atom. The number of rotatable bonds is 5. The van der Waals surface area contributed by atoms with E-state index >= 15 is 0 Å². The van der Waals surface area contributed by atoms with Gasteiger partial charge in [0.1, 0.15) is 22.7 Å². The minimum absolute atomic E-state index is 0.0253. The van der Waals surface area contributed by atoms with Gasteiger partial charge < -0.3 is 18.8 Å². The van der Waals surface area contributed by atoms with Gasteiger partial charge in [-0.1, -0.05) is 53.7 Å². The summed E-state index contributed by atoms with van der Waals surface area (Å²) < 4.78 is 11.4. The Hall–Kier alpha value is -4.24. The average molecular weight is 469 g/mol. The molecule has 9 nitrogen and oxygen atoms in total. The number of carbonyl (C=O) groups excluding carboxylic acids is 1. The topological polar surface area (TPSA) is 104 Å². The number of nitrogens with zero attached hydrogens (tertiary/aromatic N) is 5. The number of aryl methyl sites for hydroxylation is 1. The number of para-hydroxylation sites is 1. The lowest BCUT2D eigenvalue weighted by atomic mass is 10.1. The van der Waals surface area contributed by atoms with Crippen molar-refractivity contribution < 1.29 is 13.7 Å². The number of aromatic amines is 1. The molecule has 1 aliphatic rings. The van der Waals surface area contributed by atoms with E-state index in [1.807, 2.05) is 72.5 Å². The van der Waals surface area contributed by atoms with Crippen molar-refractivity contribution in [3.05, 3.63) is 78.0 Å². The number of piperazine rings is 1. The van der Waals surface area contributed by atoms with Crippen LogP contribution in [0.3, 0.4) is 0 Å². The smallest absolute Gasteiger partial charge is 0.270 e. The summed E-state index contributed by atoms with van der Waals surface area (Å²) in [5, 5.41) is 13.8. The number of hydrogen-bond donors (Lipinski definition) is 1. The van der Waals surface area contributed by atoms with Gasteiger partial charge >= 0.3 is 0 Å². The minimum atomic E-state index is 0.0253. The third-order valence-corrected chi connectivity index (χ3v) is 6.37. The highest BCUT2D eigenvalue weighted by molar-refractivity contribution is 5.98. The summed E-state index contributed by atoms with van der Waals surface area (Å²) in [5.41, 5.74) is 3.92. The Morgan fingerprint density at radius 2 is 1.77 bits per heavy atom. The molecule has 1 N–H and O–H groups in total. The lowest BCUT2D eigenvalue weighted by Crippen LogP contribution is -2.48. The van der Waals surface area contributed by atoms with Crippen LogP contribution in [0.1, 0.15) is 22.1 Å². The fourth-order valence-corrected chi connectivity index (χ4v) is 4.49. The molecule has 2 aromatic carbocycles. The second-order valence-corrected chi connectivity index (χ2v) is 8.67. The number of carbonyl (C=O) groups is 1. The Kier molecular flexibility index (Phi) is 5.38. The largest absolute Gasteiger partial charge is 0.419 e. The summed E-state index contributed by atoms with van der Waals surface area (Å²) >= 11 is 0. The first-order chi connectivity index (χ1) is 17.2. The lowest BCUT2D eigenvalue weighted by Gasteiger charge is -2.33. The maximum Gasteiger partial charge on any atom is 0.270 e. The minimum Gasteiger partial charge on any atom is -0.419 e. The average Bonchev–Trinajstić information content (AvgIpc) is 3.62. The molecule has 0 atom stereocenters. The summed E-state index contributed by atoms with van der Waals surface area (Å²) in [6.07, 6.45) is 0. The van der Waals surface area contributed by atoms with Crippen LogP contribution in [0.2, 0.25) is 0 Å². The van der Waals surface area contributed by atoms with Crippen molar-refractivity contribution >= 4 is 16.8 Å². The Bertz CT molecular complexity index is 1440. The summed E-state index contributed by atoms with van der Waals surface area (Å²) in [5.74, 6) is 1.57. The third kappa shape index (κ3) is 4.10. The zero-order valence-corrected chi connectivity index (χ0v) is 19.3. The van der Waals surface area contributed by atoms with Crippen molar-refractivity contribution in [1.29, 1.82) is 0 Å². The zero-order valence-electron chi connectivity index (χ0n) is 19.3. The van der Waals surface area contributed by atoms with Crippen LogP contribution in [0.25, 0.3) is 33.6 Å². The molecule has 4 heterocycles. The second-order valence-electron chi connectivity index (χ2n) is 8.67. The predicted molar refractivity (Wildman–Crippen MR) is 129 cm³/mol. The first kappa shape index (κ1) is 21.3. The molecule has 0 spiro atoms. The SMILES string of the molecule is Cc1onc(-c2ccccc2)c1-c1nnc(CN2CCN(C(=O)c3cc4ccccc4[nH]3)CC2)o1. The molecule has 0 bridgehead atoms. The summed E-state index contributed by atoms with van der Waals surface area (Å²) in [4.78, 5) is 20.3. The Labute approximate surface area is 201 Å². The molecular weight excluding hydrogens is 444 g/mol. The van der Waals surface area contributed by atoms with Gasteiger partial charge in [0.2, 0.25) is 5.89 Å². The van der Waals surface area contributed by atoms with E-state index in [2.05, 4.69) is 25.2 Å². The molecule has 0 radical (unpaired) electrons. The number of fused-ring (bicyclic) bond motifs is 1. The molecule has 3 aromatic heterocycles. The van der Waals surface area contributed by atoms with E-state index in [0.717, 1.165) is 29.6 Å². The molecule has 1 amide bonds. The van der Waals surface area contributed by atoms with Gasteiger partial charge in [-0.25, -0.2) is 0 Å². The van der Waals surface area contributed by atoms with E-state index in [1.54, 1.807) is 0 Å². The number of aromatic nitrogens is 4. The van der Waals surface area contributed by atoms with Gasteiger partial charge in [0.05, 0.1) is 6.54 Å². The lowest BCUT2D eigenvalue weighted by molar-refractivity contribution is 0.0613. The van der Waals surface area contributed by atoms with Crippen LogP contribution in [0.15, 0.2) is 69.6 Å². The van der Waals surface area contributed by atoms with E-state index < -0.39 is 0 Å². The molecule has 0 aliphatic carbocycles. The van der Waals surface area contributed by atoms with Gasteiger partial charge in [-0.15, -0.1) is 10.2 Å². The van der Waals surface area contributed by atoms with E-state index in [4.69, 9.17) is 8.94 Å². The molecule has 1 fully saturated rings. The standard InChI is InChI=1S/C26H24N6O3/c1-17-23(24(30-35-17)18-7-3-2-4-8-18)25-29-28-22(34-25)16-31-11-13-32(14-12-31)26(33)21-15-19-9-5-6-10-20(19)27-21/h2-10,15,27H,11-14,16H2,1H3. The van der Waals surface area contributed by atoms with Crippen LogP contribution in [0.5, 0.6) is 0 Å². The quantitative estimate of drug-likeness (QED) is 0.413. The van der Waals surface area contributed by atoms with Crippen LogP contribution in [-0.4, -0.2) is 62.2 Å². The van der Waals surface area contributed by atoms with Crippen LogP contribution in [0.4, 0.5) is 0 Å². The van der Waals surface area contributed by atoms with Crippen molar-refractivity contribution in [2.75, 3.05) is 26.2 Å². The van der Waals surface area contributed by atoms with Crippen molar-refractivity contribution in [2.45, 2.75) is 13.5 Å². The third-order valence-electron chi connectivity index (χ3n) is 6.37. The zero-order chi connectivity index (χ0) is 23.8. The fourth-order valence-electron chi connectivity index (χ4n) is 4.49. The Morgan fingerprint density at radius 3 is 2.57 bits per heavy atom. The monoisotopic (exact) mass is 468 g/mol. The highest BCUT2D eigenvalue weighted by atomic mass is 16.5. The molecule has 0 saturated carbocycles. The molecule has 35 heavy (non-hydrogen) atoms. The van der Waals surface area contributed by atoms with Gasteiger partial charge in [0.25, 0.3) is 11.8 Å². The van der Waals surface area contributed by atoms with E-state index in [0.29, 0.717) is 54.1 Å². The first-order valence-corrected chi connectivity index (χ1v) is 11.6. The predicted octanol–water partition coefficient (Wildman–Crippen LogP) is 4.14. The number of H-pyrrole nitrogens is 1. The molecule has 0 unspecified atom stereocenters. The molecule has 176 valence electrons. The highest BCUT2D eigenvalue weighted by Gasteiger charge is 2.26. The summed E-state index contributed by atoms with van der Waals surface area (Å²) in [7, 11) is 0. The molecule has 5 aromatic rings. The molecule has 9 heteroatoms. The fraction of sp³-hybridized carbons (Fsp3) is 0.231. The van der Waals surface area contributed by atoms with Crippen molar-refractivity contribution in [2.24, 2.45) is 0 Å². The Balaban J connectivity index is 1.11. The highest BCUT2D eigenvalue weighted by Crippen LogP contribution is 2.33. The maximum absolute atomic E-state index is 13.0. The van der Waals surface area contributed by atoms with Gasteiger partial charge in [-0.05, 0) is 19.1 Å². The van der Waals surface area contributed by atoms with E-state index in [1.165, 1.54) is 0 Å². The van der Waals surface area contributed by atoms with Crippen molar-refractivity contribution in [1.82, 2.24) is 30.1 Å². The number of benzene rings is 2. The van der Waals surface area contributed by atoms with E-state index in [-0.39, 0.29) is 5.91 Å². The molecular formula is C26H24N6O3. The number of nitrogens with one attached hydrogen (secondary N) is 1. The van der Waals surface area contributed by atoms with E-state index in [9.17, 15) is 4.79 Å². The van der Waals surface area contributed by atoms with Gasteiger partial charge in [-0.3, -0.25) is 9.69 Å². The van der Waals surface area contributed by atoms with Gasteiger partial charge in [-0.2, -0.15) is 0 Å². The van der Waals surface area contributed by atoms with Crippen molar-refractivity contribution in [3.63, 3.8) is 0 Å². The summed E-state index contributed by atoms with van der Waals surface area (Å²) in [6, 6.07) is 19.6. The van der Waals surface area contributed by atoms with Crippen molar-refractivity contribution in [3.8, 4) is 22.7 Å². The number of hydrogen-bond acceptors (Lipinski definition) is 7. The maximum atomic E-state index is 13.0. The first-order valence-electron chi connectivity index (χ1n) is 11.6. The molecule has 1 saturated heterocycles. The van der Waals surface area contributed by atoms with Crippen LogP contribution < -0.4 is 0 Å². The second kappa shape index (κ2) is 8.84. The van der Waals surface area contributed by atoms with Gasteiger partial charge in [0, 0.05) is 42.6 Å². The van der Waals surface area contributed by atoms with Crippen LogP contribution in [-0.2, 0) is 6.54 Å². The van der Waals surface area contributed by atoms with Crippen LogP contribution >= 0.6 is 0 Å². The normalized spacial score (nSPS) is 14.6.